The molecule has 1 fully saturated rings. The second-order valence-corrected chi connectivity index (χ2v) is 7.24. The summed E-state index contributed by atoms with van der Waals surface area (Å²) in [5.41, 5.74) is 3.88. The van der Waals surface area contributed by atoms with Crippen LogP contribution in [-0.2, 0) is 11.3 Å². The van der Waals surface area contributed by atoms with Crippen LogP contribution in [0.25, 0.3) is 22.5 Å². The third kappa shape index (κ3) is 2.94. The van der Waals surface area contributed by atoms with E-state index in [2.05, 4.69) is 51.5 Å². The second kappa shape index (κ2) is 6.60. The summed E-state index contributed by atoms with van der Waals surface area (Å²) in [5, 5.41) is 12.3. The zero-order valence-electron chi connectivity index (χ0n) is 15.4. The molecule has 28 heavy (non-hydrogen) atoms. The number of likely N-dealkylation sites (tertiary alicyclic amines) is 1. The number of fused-ring (bicyclic) bond motifs is 1. The maximum atomic E-state index is 12.5. The average Bonchev–Trinajstić information content (AvgIpc) is 3.42. The molecule has 0 saturated carbocycles. The Morgan fingerprint density at radius 1 is 1.18 bits per heavy atom. The van der Waals surface area contributed by atoms with Crippen LogP contribution in [0.1, 0.15) is 29.3 Å². The van der Waals surface area contributed by atoms with Gasteiger partial charge in [0.2, 0.25) is 5.91 Å². The third-order valence-electron chi connectivity index (χ3n) is 5.19. The van der Waals surface area contributed by atoms with Crippen LogP contribution in [0.5, 0.6) is 0 Å². The number of carbonyl (C=O) groups is 1. The van der Waals surface area contributed by atoms with Gasteiger partial charge in [-0.15, -0.1) is 0 Å². The first-order valence-corrected chi connectivity index (χ1v) is 9.28. The van der Waals surface area contributed by atoms with E-state index in [1.165, 1.54) is 5.56 Å². The zero-order chi connectivity index (χ0) is 19.1. The van der Waals surface area contributed by atoms with Crippen LogP contribution in [0.3, 0.4) is 0 Å². The van der Waals surface area contributed by atoms with Crippen molar-refractivity contribution in [2.45, 2.75) is 25.8 Å². The number of carbonyl (C=O) groups excluding carboxylic acids is 1. The van der Waals surface area contributed by atoms with Crippen molar-refractivity contribution in [2.75, 3.05) is 6.54 Å². The smallest absolute Gasteiger partial charge is 0.279 e. The van der Waals surface area contributed by atoms with Gasteiger partial charge in [0.25, 0.3) is 5.89 Å². The molecule has 3 heterocycles. The fourth-order valence-corrected chi connectivity index (χ4v) is 3.64. The molecule has 1 aliphatic heterocycles. The molecule has 0 aliphatic carbocycles. The molecule has 7 heteroatoms. The van der Waals surface area contributed by atoms with Crippen LogP contribution in [-0.4, -0.2) is 37.7 Å². The number of para-hydroxylation sites is 1. The Bertz CT molecular complexity index is 1150. The van der Waals surface area contributed by atoms with Gasteiger partial charge < -0.3 is 9.42 Å². The van der Waals surface area contributed by atoms with Gasteiger partial charge in [0.05, 0.1) is 5.52 Å². The number of nitrogens with zero attached hydrogens (tertiary/aromatic N) is 4. The normalized spacial score (nSPS) is 17.0. The number of benzene rings is 2. The monoisotopic (exact) mass is 373 g/mol. The van der Waals surface area contributed by atoms with Crippen molar-refractivity contribution in [2.24, 2.45) is 0 Å². The molecule has 1 atom stereocenters. The summed E-state index contributed by atoms with van der Waals surface area (Å²) in [5.74, 6) is 0.974. The third-order valence-corrected chi connectivity index (χ3v) is 5.19. The molecule has 1 amide bonds. The van der Waals surface area contributed by atoms with E-state index in [1.54, 1.807) is 0 Å². The molecule has 0 spiro atoms. The van der Waals surface area contributed by atoms with Crippen LogP contribution >= 0.6 is 0 Å². The van der Waals surface area contributed by atoms with E-state index < -0.39 is 0 Å². The van der Waals surface area contributed by atoms with Gasteiger partial charge in [0.1, 0.15) is 0 Å². The highest BCUT2D eigenvalue weighted by Crippen LogP contribution is 2.30. The average molecular weight is 373 g/mol. The van der Waals surface area contributed by atoms with Crippen molar-refractivity contribution in [1.29, 1.82) is 0 Å². The lowest BCUT2D eigenvalue weighted by molar-refractivity contribution is -0.128. The number of nitrogens with one attached hydrogen (secondary N) is 1. The summed E-state index contributed by atoms with van der Waals surface area (Å²) in [6.07, 6.45) is 0.395. The number of rotatable bonds is 4. The first-order chi connectivity index (χ1) is 13.7. The van der Waals surface area contributed by atoms with Crippen molar-refractivity contribution in [3.63, 3.8) is 0 Å². The number of aromatic nitrogens is 4. The zero-order valence-corrected chi connectivity index (χ0v) is 15.4. The Morgan fingerprint density at radius 3 is 2.86 bits per heavy atom. The number of amides is 1. The summed E-state index contributed by atoms with van der Waals surface area (Å²) < 4.78 is 5.46. The lowest BCUT2D eigenvalue weighted by Crippen LogP contribution is -2.24. The van der Waals surface area contributed by atoms with Crippen molar-refractivity contribution in [3.05, 3.63) is 65.5 Å². The second-order valence-electron chi connectivity index (χ2n) is 7.24. The van der Waals surface area contributed by atoms with Crippen molar-refractivity contribution in [3.8, 4) is 11.6 Å². The number of aryl methyl sites for hydroxylation is 1. The first-order valence-electron chi connectivity index (χ1n) is 9.28. The summed E-state index contributed by atoms with van der Waals surface area (Å²) in [6, 6.07) is 16.0. The van der Waals surface area contributed by atoms with Crippen molar-refractivity contribution >= 4 is 16.8 Å². The molecule has 4 aromatic rings. The maximum absolute atomic E-state index is 12.5. The number of hydrogen-bond donors (Lipinski definition) is 1. The minimum atomic E-state index is -0.0688. The van der Waals surface area contributed by atoms with Gasteiger partial charge in [-0.3, -0.25) is 9.89 Å². The minimum absolute atomic E-state index is 0.0688. The molecule has 2 aromatic carbocycles. The van der Waals surface area contributed by atoms with Crippen LogP contribution in [0.15, 0.2) is 53.1 Å². The highest BCUT2D eigenvalue weighted by Gasteiger charge is 2.34. The molecule has 2 aromatic heterocycles. The van der Waals surface area contributed by atoms with E-state index in [-0.39, 0.29) is 11.8 Å². The summed E-state index contributed by atoms with van der Waals surface area (Å²) in [4.78, 5) is 18.9. The van der Waals surface area contributed by atoms with Crippen LogP contribution in [0, 0.1) is 6.92 Å². The van der Waals surface area contributed by atoms with Gasteiger partial charge in [-0.25, -0.2) is 0 Å². The van der Waals surface area contributed by atoms with E-state index in [0.717, 1.165) is 16.5 Å². The van der Waals surface area contributed by atoms with Crippen molar-refractivity contribution in [1.82, 2.24) is 25.2 Å². The van der Waals surface area contributed by atoms with Gasteiger partial charge in [0.15, 0.2) is 11.5 Å². The SMILES string of the molecule is Cc1ccc(CN2CC(c3noc(-c4n[nH]c5ccccc45)n3)CC2=O)cc1. The summed E-state index contributed by atoms with van der Waals surface area (Å²) in [6.45, 7) is 3.24. The van der Waals surface area contributed by atoms with Gasteiger partial charge in [-0.1, -0.05) is 53.2 Å². The molecule has 1 aliphatic rings. The molecule has 1 saturated heterocycles. The fourth-order valence-electron chi connectivity index (χ4n) is 3.64. The van der Waals surface area contributed by atoms with E-state index in [1.807, 2.05) is 29.2 Å². The Kier molecular flexibility index (Phi) is 3.93. The van der Waals surface area contributed by atoms with Gasteiger partial charge in [-0.05, 0) is 18.6 Å². The first kappa shape index (κ1) is 16.7. The quantitative estimate of drug-likeness (QED) is 0.592. The standard InChI is InChI=1S/C21H19N5O2/c1-13-6-8-14(9-7-13)11-26-12-15(10-18(26)27)20-22-21(28-25-20)19-16-4-2-3-5-17(16)23-24-19/h2-9,15H,10-12H2,1H3,(H,23,24). The molecule has 1 N–H and O–H groups in total. The predicted octanol–water partition coefficient (Wildman–Crippen LogP) is 3.44. The summed E-state index contributed by atoms with van der Waals surface area (Å²) >= 11 is 0. The highest BCUT2D eigenvalue weighted by molar-refractivity contribution is 5.90. The van der Waals surface area contributed by atoms with Gasteiger partial charge in [-0.2, -0.15) is 10.1 Å². The molecule has 0 radical (unpaired) electrons. The Hall–Kier alpha value is -3.48. The van der Waals surface area contributed by atoms with E-state index >= 15 is 0 Å². The van der Waals surface area contributed by atoms with E-state index in [4.69, 9.17) is 4.52 Å². The maximum Gasteiger partial charge on any atom is 0.279 e. The van der Waals surface area contributed by atoms with Crippen LogP contribution in [0.2, 0.25) is 0 Å². The molecule has 140 valence electrons. The van der Waals surface area contributed by atoms with Crippen molar-refractivity contribution < 1.29 is 9.32 Å². The lowest BCUT2D eigenvalue weighted by atomic mass is 10.1. The molecule has 1 unspecified atom stereocenters. The minimum Gasteiger partial charge on any atom is -0.338 e. The Balaban J connectivity index is 1.35. The number of H-pyrrole nitrogens is 1. The fraction of sp³-hybridized carbons (Fsp3) is 0.238. The van der Waals surface area contributed by atoms with Gasteiger partial charge >= 0.3 is 0 Å². The molecular formula is C21H19N5O2. The number of hydrogen-bond acceptors (Lipinski definition) is 5. The summed E-state index contributed by atoms with van der Waals surface area (Å²) in [7, 11) is 0. The van der Waals surface area contributed by atoms with Crippen LogP contribution < -0.4 is 0 Å². The highest BCUT2D eigenvalue weighted by atomic mass is 16.5. The van der Waals surface area contributed by atoms with Crippen LogP contribution in [0.4, 0.5) is 0 Å². The topological polar surface area (TPSA) is 87.9 Å². The molecule has 5 rings (SSSR count). The Labute approximate surface area is 161 Å². The largest absolute Gasteiger partial charge is 0.338 e. The predicted molar refractivity (Wildman–Crippen MR) is 103 cm³/mol. The molecular weight excluding hydrogens is 354 g/mol. The lowest BCUT2D eigenvalue weighted by Gasteiger charge is -2.16. The molecule has 7 nitrogen and oxygen atoms in total. The van der Waals surface area contributed by atoms with E-state index in [0.29, 0.717) is 36.9 Å². The van der Waals surface area contributed by atoms with Gasteiger partial charge in [0, 0.05) is 30.8 Å². The van der Waals surface area contributed by atoms with E-state index in [9.17, 15) is 4.79 Å². The number of aromatic amines is 1. The molecule has 0 bridgehead atoms. The Morgan fingerprint density at radius 2 is 2.00 bits per heavy atom.